The van der Waals surface area contributed by atoms with E-state index in [2.05, 4.69) is 10.6 Å². The predicted octanol–water partition coefficient (Wildman–Crippen LogP) is 4.20. The summed E-state index contributed by atoms with van der Waals surface area (Å²) in [5.41, 5.74) is -0.779. The Morgan fingerprint density at radius 2 is 2.09 bits per heavy atom. The molecule has 2 rings (SSSR count). The van der Waals surface area contributed by atoms with Gasteiger partial charge in [-0.2, -0.15) is 0 Å². The first-order valence-electron chi connectivity index (χ1n) is 10.4. The zero-order chi connectivity index (χ0) is 24.1. The molecule has 3 unspecified atom stereocenters. The van der Waals surface area contributed by atoms with Crippen LogP contribution >= 0.6 is 11.3 Å². The van der Waals surface area contributed by atoms with Gasteiger partial charge in [0.2, 0.25) is 5.91 Å². The molecule has 1 aliphatic rings. The average molecular weight is 467 g/mol. The lowest BCUT2D eigenvalue weighted by molar-refractivity contribution is -0.138. The largest absolute Gasteiger partial charge is 0.481 e. The number of carbonyl (C=O) groups excluding carboxylic acids is 2. The summed E-state index contributed by atoms with van der Waals surface area (Å²) in [6.45, 7) is 8.84. The summed E-state index contributed by atoms with van der Waals surface area (Å²) in [7, 11) is 0. The topological polar surface area (TPSA) is 105 Å². The minimum Gasteiger partial charge on any atom is -0.481 e. The van der Waals surface area contributed by atoms with Crippen molar-refractivity contribution >= 4 is 29.3 Å². The molecule has 1 fully saturated rings. The minimum atomic E-state index is -1.12. The van der Waals surface area contributed by atoms with E-state index < -0.39 is 41.0 Å². The van der Waals surface area contributed by atoms with E-state index in [0.717, 1.165) is 16.9 Å². The van der Waals surface area contributed by atoms with Crippen molar-refractivity contribution in [3.63, 3.8) is 0 Å². The lowest BCUT2D eigenvalue weighted by atomic mass is 10.0. The number of hydrogen-bond donors (Lipinski definition) is 3. The van der Waals surface area contributed by atoms with Gasteiger partial charge in [-0.1, -0.05) is 23.8 Å². The Hall–Kier alpha value is -2.68. The monoisotopic (exact) mass is 466 g/mol. The fourth-order valence-corrected chi connectivity index (χ4v) is 4.36. The van der Waals surface area contributed by atoms with Crippen molar-refractivity contribution in [1.82, 2.24) is 10.6 Å². The summed E-state index contributed by atoms with van der Waals surface area (Å²) < 4.78 is 19.3. The molecule has 0 spiro atoms. The number of rotatable bonds is 9. The fraction of sp³-hybridized carbons (Fsp3) is 0.522. The van der Waals surface area contributed by atoms with Crippen LogP contribution in [0.4, 0.5) is 9.18 Å². The average Bonchev–Trinajstić information content (AvgIpc) is 3.19. The smallest absolute Gasteiger partial charge is 0.408 e. The number of hydrogen-bond acceptors (Lipinski definition) is 5. The Morgan fingerprint density at radius 1 is 1.41 bits per heavy atom. The Kier molecular flexibility index (Phi) is 8.23. The number of nitrogens with one attached hydrogen (secondary N) is 2. The van der Waals surface area contributed by atoms with Crippen LogP contribution in [0.15, 0.2) is 35.2 Å². The summed E-state index contributed by atoms with van der Waals surface area (Å²) in [6.07, 6.45) is 4.94. The normalized spacial score (nSPS) is 21.8. The number of carboxylic acid groups (broad SMARTS) is 1. The Bertz CT molecular complexity index is 918. The second kappa shape index (κ2) is 10.3. The molecule has 1 saturated carbocycles. The van der Waals surface area contributed by atoms with Crippen LogP contribution < -0.4 is 10.6 Å². The lowest BCUT2D eigenvalue weighted by Crippen LogP contribution is -2.53. The van der Waals surface area contributed by atoms with Crippen LogP contribution in [0.25, 0.3) is 0 Å². The zero-order valence-corrected chi connectivity index (χ0v) is 19.8. The number of thiophene rings is 1. The Morgan fingerprint density at radius 3 is 2.62 bits per heavy atom. The number of halogens is 1. The van der Waals surface area contributed by atoms with Crippen LogP contribution in [0.5, 0.6) is 0 Å². The summed E-state index contributed by atoms with van der Waals surface area (Å²) in [4.78, 5) is 37.3. The molecule has 0 aliphatic heterocycles. The van der Waals surface area contributed by atoms with Crippen LogP contribution in [0.1, 0.15) is 52.3 Å². The van der Waals surface area contributed by atoms with Gasteiger partial charge in [0.05, 0.1) is 12.0 Å². The Balaban J connectivity index is 2.23. The van der Waals surface area contributed by atoms with Gasteiger partial charge in [0, 0.05) is 17.2 Å². The second-order valence-corrected chi connectivity index (χ2v) is 10.0. The van der Waals surface area contributed by atoms with E-state index in [4.69, 9.17) is 4.74 Å². The molecule has 3 atom stereocenters. The summed E-state index contributed by atoms with van der Waals surface area (Å²) in [5, 5.41) is 16.3. The molecule has 3 N–H and O–H groups in total. The maximum Gasteiger partial charge on any atom is 0.408 e. The third kappa shape index (κ3) is 7.19. The quantitative estimate of drug-likeness (QED) is 0.473. The molecule has 1 aromatic rings. The highest BCUT2D eigenvalue weighted by Gasteiger charge is 2.57. The second-order valence-electron chi connectivity index (χ2n) is 9.00. The van der Waals surface area contributed by atoms with Crippen LogP contribution in [0, 0.1) is 11.7 Å². The van der Waals surface area contributed by atoms with Crippen molar-refractivity contribution in [2.24, 2.45) is 5.92 Å². The number of aliphatic carboxylic acids is 1. The zero-order valence-electron chi connectivity index (χ0n) is 19.0. The number of alkyl carbamates (subject to hydrolysis) is 1. The van der Waals surface area contributed by atoms with Crippen molar-refractivity contribution in [1.29, 1.82) is 0 Å². The van der Waals surface area contributed by atoms with Gasteiger partial charge < -0.3 is 20.5 Å². The molecule has 176 valence electrons. The van der Waals surface area contributed by atoms with Gasteiger partial charge in [-0.25, -0.2) is 9.18 Å². The van der Waals surface area contributed by atoms with Gasteiger partial charge in [-0.05, 0) is 52.5 Å². The fourth-order valence-electron chi connectivity index (χ4n) is 3.56. The first kappa shape index (κ1) is 25.6. The number of allylic oxidation sites excluding steroid dienone is 3. The van der Waals surface area contributed by atoms with Crippen molar-refractivity contribution in [3.8, 4) is 0 Å². The standard InChI is InChI=1S/C23H31FN2O5S/c1-6-7-8-14(2)15-12-23(15,13-19(27)28)26-20(29)17(11-18-16(24)9-10-32-18)25-21(30)31-22(3,4)5/h6-10,15,17H,11-13H2,1-5H3,(H,25,30)(H,26,29)(H,27,28). The summed E-state index contributed by atoms with van der Waals surface area (Å²) in [5.74, 6) is -2.22. The molecule has 0 bridgehead atoms. The van der Waals surface area contributed by atoms with E-state index >= 15 is 0 Å². The Labute approximate surface area is 191 Å². The number of ether oxygens (including phenoxy) is 1. The number of carboxylic acids is 1. The first-order chi connectivity index (χ1) is 14.9. The third-order valence-corrected chi connectivity index (χ3v) is 6.02. The van der Waals surface area contributed by atoms with Gasteiger partial charge in [0.25, 0.3) is 0 Å². The SMILES string of the molecule is CC=CC=C(C)C1CC1(CC(=O)O)NC(=O)C(Cc1sccc1F)NC(=O)OC(C)(C)C. The molecule has 32 heavy (non-hydrogen) atoms. The van der Waals surface area contributed by atoms with Gasteiger partial charge in [-0.3, -0.25) is 9.59 Å². The van der Waals surface area contributed by atoms with Crippen LogP contribution in [0.3, 0.4) is 0 Å². The molecule has 0 radical (unpaired) electrons. The van der Waals surface area contributed by atoms with E-state index in [9.17, 15) is 23.9 Å². The van der Waals surface area contributed by atoms with Crippen molar-refractivity contribution < 1.29 is 28.6 Å². The number of amides is 2. The highest BCUT2D eigenvalue weighted by atomic mass is 32.1. The van der Waals surface area contributed by atoms with E-state index in [1.165, 1.54) is 6.07 Å². The van der Waals surface area contributed by atoms with Crippen LogP contribution in [-0.4, -0.2) is 40.3 Å². The summed E-state index contributed by atoms with van der Waals surface area (Å²) >= 11 is 1.14. The maximum absolute atomic E-state index is 14.0. The molecule has 9 heteroatoms. The molecule has 0 saturated heterocycles. The van der Waals surface area contributed by atoms with E-state index in [-0.39, 0.29) is 18.8 Å². The molecule has 1 heterocycles. The van der Waals surface area contributed by atoms with Crippen molar-refractivity contribution in [2.75, 3.05) is 0 Å². The molecule has 2 amide bonds. The molecule has 0 aromatic carbocycles. The molecular weight excluding hydrogens is 435 g/mol. The van der Waals surface area contributed by atoms with E-state index in [1.807, 2.05) is 32.1 Å². The summed E-state index contributed by atoms with van der Waals surface area (Å²) in [6, 6.07) is 0.172. The highest BCUT2D eigenvalue weighted by molar-refractivity contribution is 7.09. The van der Waals surface area contributed by atoms with Crippen LogP contribution in [-0.2, 0) is 20.7 Å². The molecule has 1 aromatic heterocycles. The lowest BCUT2D eigenvalue weighted by Gasteiger charge is -2.25. The van der Waals surface area contributed by atoms with Gasteiger partial charge >= 0.3 is 12.1 Å². The molecular formula is C23H31FN2O5S. The van der Waals surface area contributed by atoms with E-state index in [0.29, 0.717) is 11.3 Å². The minimum absolute atomic E-state index is 0.0736. The van der Waals surface area contributed by atoms with Crippen molar-refractivity contribution in [3.05, 3.63) is 45.9 Å². The van der Waals surface area contributed by atoms with Crippen LogP contribution in [0.2, 0.25) is 0 Å². The van der Waals surface area contributed by atoms with Gasteiger partial charge in [0.1, 0.15) is 17.5 Å². The molecule has 1 aliphatic carbocycles. The van der Waals surface area contributed by atoms with Gasteiger partial charge in [-0.15, -0.1) is 11.3 Å². The van der Waals surface area contributed by atoms with Crippen molar-refractivity contribution in [2.45, 2.75) is 71.1 Å². The first-order valence-corrected chi connectivity index (χ1v) is 11.3. The van der Waals surface area contributed by atoms with Gasteiger partial charge in [0.15, 0.2) is 0 Å². The maximum atomic E-state index is 14.0. The number of carbonyl (C=O) groups is 3. The van der Waals surface area contributed by atoms with E-state index in [1.54, 1.807) is 26.2 Å². The molecule has 7 nitrogen and oxygen atoms in total. The third-order valence-electron chi connectivity index (χ3n) is 5.10. The highest BCUT2D eigenvalue weighted by Crippen LogP contribution is 2.50. The predicted molar refractivity (Wildman–Crippen MR) is 121 cm³/mol.